The van der Waals surface area contributed by atoms with Gasteiger partial charge in [0, 0.05) is 38.5 Å². The van der Waals surface area contributed by atoms with Gasteiger partial charge < -0.3 is 10.0 Å². The maximum atomic E-state index is 13.8. The third-order valence-electron chi connectivity index (χ3n) is 6.71. The number of hydrogen-bond donors (Lipinski definition) is 1. The Hall–Kier alpha value is -2.71. The third kappa shape index (κ3) is 7.28. The summed E-state index contributed by atoms with van der Waals surface area (Å²) < 4.78 is 120. The van der Waals surface area contributed by atoms with Crippen molar-refractivity contribution in [1.29, 1.82) is 0 Å². The van der Waals surface area contributed by atoms with Crippen LogP contribution in [0.2, 0.25) is 0 Å². The Balaban J connectivity index is 1.95. The lowest BCUT2D eigenvalue weighted by Crippen LogP contribution is -2.48. The molecule has 1 amide bonds. The fourth-order valence-corrected chi connectivity index (χ4v) is 6.09. The largest absolute Gasteiger partial charge is 0.416 e. The fourth-order valence-electron chi connectivity index (χ4n) is 4.83. The van der Waals surface area contributed by atoms with E-state index < -0.39 is 76.0 Å². The lowest BCUT2D eigenvalue weighted by Gasteiger charge is -2.39. The van der Waals surface area contributed by atoms with E-state index in [1.807, 2.05) is 0 Å². The Labute approximate surface area is 221 Å². The third-order valence-corrected chi connectivity index (χ3v) is 8.53. The zero-order chi connectivity index (χ0) is 29.3. The molecule has 0 radical (unpaired) electrons. The fraction of sp³-hybridized carbons (Fsp3) is 0.480. The summed E-state index contributed by atoms with van der Waals surface area (Å²) >= 11 is 0. The molecule has 216 valence electrons. The minimum atomic E-state index is -5.04. The highest BCUT2D eigenvalue weighted by atomic mass is 32.2. The van der Waals surface area contributed by atoms with Crippen LogP contribution in [0.4, 0.5) is 30.7 Å². The Kier molecular flexibility index (Phi) is 9.02. The quantitative estimate of drug-likeness (QED) is 0.485. The lowest BCUT2D eigenvalue weighted by molar-refractivity contribution is -0.143. The molecule has 1 fully saturated rings. The number of carbonyl (C=O) groups is 1. The van der Waals surface area contributed by atoms with Crippen LogP contribution in [0.1, 0.15) is 40.2 Å². The first-order chi connectivity index (χ1) is 17.9. The van der Waals surface area contributed by atoms with E-state index >= 15 is 0 Å². The molecule has 3 rings (SSSR count). The van der Waals surface area contributed by atoms with Crippen molar-refractivity contribution in [3.8, 4) is 0 Å². The summed E-state index contributed by atoms with van der Waals surface area (Å²) in [6, 6.07) is 4.87. The smallest absolute Gasteiger partial charge is 0.395 e. The van der Waals surface area contributed by atoms with Gasteiger partial charge in [-0.1, -0.05) is 6.07 Å². The molecule has 6 nitrogen and oxygen atoms in total. The number of aliphatic hydroxyl groups is 1. The van der Waals surface area contributed by atoms with Gasteiger partial charge in [0.25, 0.3) is 0 Å². The number of nitrogens with zero attached hydrogens (tertiary/aromatic N) is 2. The Morgan fingerprint density at radius 3 is 2.15 bits per heavy atom. The molecule has 0 saturated carbocycles. The molecule has 1 saturated heterocycles. The zero-order valence-electron chi connectivity index (χ0n) is 21.0. The number of carbonyl (C=O) groups excluding carboxylic acids is 1. The summed E-state index contributed by atoms with van der Waals surface area (Å²) in [6.07, 6.45) is -10.1. The predicted octanol–water partition coefficient (Wildman–Crippen LogP) is 4.56. The van der Waals surface area contributed by atoms with Gasteiger partial charge in [-0.05, 0) is 60.4 Å². The maximum Gasteiger partial charge on any atom is 0.416 e. The SMILES string of the molecule is Cc1cc(F)ccc1[C@@H]1CN(S(=O)(=O)CCO)CC[C@H]1C(=O)N(C)Cc1cc(C(F)(F)F)cc(C(F)(F)F)c1. The van der Waals surface area contributed by atoms with Crippen molar-refractivity contribution in [3.05, 3.63) is 70.0 Å². The molecule has 39 heavy (non-hydrogen) atoms. The summed E-state index contributed by atoms with van der Waals surface area (Å²) in [5.74, 6) is -3.39. The van der Waals surface area contributed by atoms with E-state index in [0.717, 1.165) is 15.3 Å². The van der Waals surface area contributed by atoms with Crippen molar-refractivity contribution in [1.82, 2.24) is 9.21 Å². The lowest BCUT2D eigenvalue weighted by atomic mass is 9.79. The van der Waals surface area contributed by atoms with Gasteiger partial charge in [-0.3, -0.25) is 4.79 Å². The van der Waals surface area contributed by atoms with Crippen LogP contribution in [0.3, 0.4) is 0 Å². The van der Waals surface area contributed by atoms with E-state index in [2.05, 4.69) is 0 Å². The van der Waals surface area contributed by atoms with Crippen LogP contribution < -0.4 is 0 Å². The Morgan fingerprint density at radius 2 is 1.64 bits per heavy atom. The number of halogens is 7. The van der Waals surface area contributed by atoms with Crippen LogP contribution in [0.25, 0.3) is 0 Å². The second-order valence-corrected chi connectivity index (χ2v) is 11.6. The second-order valence-electron chi connectivity index (χ2n) is 9.51. The topological polar surface area (TPSA) is 77.9 Å². The van der Waals surface area contributed by atoms with Crippen molar-refractivity contribution >= 4 is 15.9 Å². The molecular weight excluding hydrogens is 557 g/mol. The number of sulfonamides is 1. The minimum Gasteiger partial charge on any atom is -0.395 e. The van der Waals surface area contributed by atoms with Gasteiger partial charge in [0.1, 0.15) is 5.82 Å². The molecule has 1 N–H and O–H groups in total. The van der Waals surface area contributed by atoms with E-state index in [9.17, 15) is 43.9 Å². The van der Waals surface area contributed by atoms with Crippen LogP contribution in [-0.4, -0.2) is 61.1 Å². The molecule has 0 unspecified atom stereocenters. The number of amides is 1. The summed E-state index contributed by atoms with van der Waals surface area (Å²) in [4.78, 5) is 14.5. The molecule has 0 spiro atoms. The monoisotopic (exact) mass is 584 g/mol. The highest BCUT2D eigenvalue weighted by molar-refractivity contribution is 7.89. The summed E-state index contributed by atoms with van der Waals surface area (Å²) in [5, 5.41) is 9.13. The van der Waals surface area contributed by atoms with E-state index in [1.165, 1.54) is 19.2 Å². The summed E-state index contributed by atoms with van der Waals surface area (Å²) in [7, 11) is -2.64. The van der Waals surface area contributed by atoms with Crippen molar-refractivity contribution < 1.29 is 49.1 Å². The van der Waals surface area contributed by atoms with E-state index in [1.54, 1.807) is 6.92 Å². The Morgan fingerprint density at radius 1 is 1.05 bits per heavy atom. The van der Waals surface area contributed by atoms with E-state index in [4.69, 9.17) is 5.11 Å². The zero-order valence-corrected chi connectivity index (χ0v) is 21.8. The molecule has 0 bridgehead atoms. The molecule has 1 aliphatic rings. The number of rotatable bonds is 7. The van der Waals surface area contributed by atoms with Gasteiger partial charge in [-0.15, -0.1) is 0 Å². The number of aliphatic hydroxyl groups excluding tert-OH is 1. The van der Waals surface area contributed by atoms with Crippen LogP contribution in [-0.2, 0) is 33.7 Å². The van der Waals surface area contributed by atoms with Gasteiger partial charge in [0.2, 0.25) is 15.9 Å². The maximum absolute atomic E-state index is 13.8. The predicted molar refractivity (Wildman–Crippen MR) is 127 cm³/mol. The molecule has 2 aromatic carbocycles. The van der Waals surface area contributed by atoms with Crippen LogP contribution in [0, 0.1) is 18.7 Å². The van der Waals surface area contributed by atoms with Gasteiger partial charge >= 0.3 is 12.4 Å². The second kappa shape index (κ2) is 11.4. The first-order valence-corrected chi connectivity index (χ1v) is 13.4. The first-order valence-electron chi connectivity index (χ1n) is 11.8. The van der Waals surface area contributed by atoms with E-state index in [-0.39, 0.29) is 31.1 Å². The number of hydrogen-bond acceptors (Lipinski definition) is 4. The van der Waals surface area contributed by atoms with Gasteiger partial charge in [-0.25, -0.2) is 17.1 Å². The van der Waals surface area contributed by atoms with Crippen molar-refractivity contribution in [2.75, 3.05) is 32.5 Å². The normalized spacial score (nSPS) is 19.2. The molecule has 1 heterocycles. The number of piperidine rings is 1. The first kappa shape index (κ1) is 30.8. The number of alkyl halides is 6. The minimum absolute atomic E-state index is 0.00120. The van der Waals surface area contributed by atoms with E-state index in [0.29, 0.717) is 23.3 Å². The molecule has 2 aromatic rings. The molecule has 2 atom stereocenters. The van der Waals surface area contributed by atoms with Crippen molar-refractivity contribution in [3.63, 3.8) is 0 Å². The van der Waals surface area contributed by atoms with Crippen molar-refractivity contribution in [2.24, 2.45) is 5.92 Å². The molecule has 0 aliphatic carbocycles. The molecule has 1 aliphatic heterocycles. The van der Waals surface area contributed by atoms with Gasteiger partial charge in [0.05, 0.1) is 23.5 Å². The van der Waals surface area contributed by atoms with Crippen LogP contribution in [0.5, 0.6) is 0 Å². The molecule has 14 heteroatoms. The highest BCUT2D eigenvalue weighted by Crippen LogP contribution is 2.38. The highest BCUT2D eigenvalue weighted by Gasteiger charge is 2.41. The average Bonchev–Trinajstić information content (AvgIpc) is 2.82. The average molecular weight is 585 g/mol. The van der Waals surface area contributed by atoms with Crippen LogP contribution >= 0.6 is 0 Å². The van der Waals surface area contributed by atoms with Gasteiger partial charge in [-0.2, -0.15) is 26.3 Å². The number of aryl methyl sites for hydroxylation is 1. The van der Waals surface area contributed by atoms with Crippen LogP contribution in [0.15, 0.2) is 36.4 Å². The summed E-state index contributed by atoms with van der Waals surface area (Å²) in [5.41, 5.74) is -2.48. The summed E-state index contributed by atoms with van der Waals surface area (Å²) in [6.45, 7) is 0.114. The van der Waals surface area contributed by atoms with Crippen molar-refractivity contribution in [2.45, 2.75) is 38.2 Å². The Bertz CT molecular complexity index is 1280. The number of benzene rings is 2. The molecule has 0 aromatic heterocycles. The van der Waals surface area contributed by atoms with Gasteiger partial charge in [0.15, 0.2) is 0 Å². The standard InChI is InChI=1S/C25H27F7N2O4S/c1-15-9-19(26)3-4-20(15)22-14-34(39(37,38)8-7-35)6-5-21(22)23(36)33(2)13-16-10-17(24(27,28)29)12-18(11-16)25(30,31)32/h3-4,9-12,21-22,35H,5-8,13-14H2,1-2H3/t21-,22+/m1/s1. The molecular formula is C25H27F7N2O4S.